The van der Waals surface area contributed by atoms with Crippen molar-refractivity contribution in [1.82, 2.24) is 5.32 Å². The third kappa shape index (κ3) is 4.85. The van der Waals surface area contributed by atoms with Crippen LogP contribution in [0.2, 0.25) is 0 Å². The zero-order valence-electron chi connectivity index (χ0n) is 10.4. The summed E-state index contributed by atoms with van der Waals surface area (Å²) >= 11 is 3.40. The molecule has 1 aromatic carbocycles. The van der Waals surface area contributed by atoms with E-state index in [2.05, 4.69) is 26.6 Å². The van der Waals surface area contributed by atoms with Crippen molar-refractivity contribution in [2.24, 2.45) is 0 Å². The first-order valence-electron chi connectivity index (χ1n) is 5.61. The highest BCUT2D eigenvalue weighted by molar-refractivity contribution is 9.10. The maximum absolute atomic E-state index is 11.6. The second kappa shape index (κ2) is 7.13. The number of rotatable bonds is 5. The molecule has 0 radical (unpaired) electrons. The first-order valence-corrected chi connectivity index (χ1v) is 6.40. The van der Waals surface area contributed by atoms with Crippen LogP contribution in [0.3, 0.4) is 0 Å². The highest BCUT2D eigenvalue weighted by Crippen LogP contribution is 2.20. The minimum Gasteiger partial charge on any atom is -0.354 e. The number of carbonyl (C=O) groups is 2. The van der Waals surface area contributed by atoms with Crippen molar-refractivity contribution in [2.75, 3.05) is 25.5 Å². The lowest BCUT2D eigenvalue weighted by Crippen LogP contribution is -2.88. The summed E-state index contributed by atoms with van der Waals surface area (Å²) in [4.78, 5) is 22.5. The van der Waals surface area contributed by atoms with Crippen LogP contribution in [0.1, 0.15) is 5.56 Å². The Kier molecular flexibility index (Phi) is 5.80. The topological polar surface area (TPSA) is 74.8 Å². The molecule has 0 aliphatic carbocycles. The van der Waals surface area contributed by atoms with Crippen molar-refractivity contribution in [3.8, 4) is 0 Å². The average molecular weight is 315 g/mol. The molecule has 0 aliphatic heterocycles. The summed E-state index contributed by atoms with van der Waals surface area (Å²) in [6, 6.07) is 5.62. The summed E-state index contributed by atoms with van der Waals surface area (Å²) in [5.41, 5.74) is 1.85. The van der Waals surface area contributed by atoms with E-state index in [9.17, 15) is 9.59 Å². The lowest BCUT2D eigenvalue weighted by Gasteiger charge is -2.06. The Morgan fingerprint density at radius 2 is 1.94 bits per heavy atom. The number of carbonyl (C=O) groups excluding carboxylic acids is 2. The van der Waals surface area contributed by atoms with E-state index < -0.39 is 0 Å². The van der Waals surface area contributed by atoms with Crippen molar-refractivity contribution in [2.45, 2.75) is 6.92 Å². The number of hydrogen-bond donors (Lipinski definition) is 3. The summed E-state index contributed by atoms with van der Waals surface area (Å²) in [6.07, 6.45) is 0. The van der Waals surface area contributed by atoms with Crippen molar-refractivity contribution in [3.63, 3.8) is 0 Å². The summed E-state index contributed by atoms with van der Waals surface area (Å²) < 4.78 is 0.953. The molecule has 0 atom stereocenters. The molecule has 5 nitrogen and oxygen atoms in total. The molecule has 18 heavy (non-hydrogen) atoms. The quantitative estimate of drug-likeness (QED) is 0.716. The molecule has 2 amide bonds. The lowest BCUT2D eigenvalue weighted by molar-refractivity contribution is -0.632. The summed E-state index contributed by atoms with van der Waals surface area (Å²) in [6.45, 7) is 2.45. The van der Waals surface area contributed by atoms with Crippen LogP contribution < -0.4 is 16.0 Å². The molecule has 98 valence electrons. The molecule has 0 fully saturated rings. The van der Waals surface area contributed by atoms with Crippen LogP contribution in [0.4, 0.5) is 5.69 Å². The van der Waals surface area contributed by atoms with E-state index >= 15 is 0 Å². The van der Waals surface area contributed by atoms with Gasteiger partial charge >= 0.3 is 0 Å². The Hall–Kier alpha value is -1.40. The summed E-state index contributed by atoms with van der Waals surface area (Å²) in [5, 5.41) is 6.91. The van der Waals surface area contributed by atoms with Crippen LogP contribution in [-0.2, 0) is 9.59 Å². The number of hydrogen-bond acceptors (Lipinski definition) is 2. The second-order valence-electron chi connectivity index (χ2n) is 3.88. The van der Waals surface area contributed by atoms with E-state index in [1.165, 1.54) is 0 Å². The zero-order valence-corrected chi connectivity index (χ0v) is 12.0. The number of nitrogens with two attached hydrogens (primary N) is 1. The SMILES string of the molecule is CNC(=O)C[NH2+]CC(=O)Nc1ccc(C)c(Br)c1. The molecular formula is C12H17BrN3O2+. The number of nitrogens with one attached hydrogen (secondary N) is 2. The number of quaternary nitrogens is 1. The fourth-order valence-electron chi connectivity index (χ4n) is 1.32. The first-order chi connectivity index (χ1) is 8.52. The van der Waals surface area contributed by atoms with Crippen LogP contribution in [0.25, 0.3) is 0 Å². The molecule has 0 bridgehead atoms. The van der Waals surface area contributed by atoms with Gasteiger partial charge in [-0.3, -0.25) is 9.59 Å². The maximum atomic E-state index is 11.6. The molecule has 1 aromatic rings. The second-order valence-corrected chi connectivity index (χ2v) is 4.74. The fourth-order valence-corrected chi connectivity index (χ4v) is 1.70. The summed E-state index contributed by atoms with van der Waals surface area (Å²) in [7, 11) is 1.57. The summed E-state index contributed by atoms with van der Waals surface area (Å²) in [5.74, 6) is -0.226. The molecule has 6 heteroatoms. The zero-order chi connectivity index (χ0) is 13.5. The average Bonchev–Trinajstić information content (AvgIpc) is 2.33. The largest absolute Gasteiger partial charge is 0.354 e. The van der Waals surface area contributed by atoms with Crippen LogP contribution in [-0.4, -0.2) is 32.0 Å². The number of benzene rings is 1. The molecule has 0 spiro atoms. The molecule has 0 saturated carbocycles. The number of anilines is 1. The Labute approximate surface area is 114 Å². The Bertz CT molecular complexity index is 449. The van der Waals surface area contributed by atoms with Crippen LogP contribution in [0.5, 0.6) is 0 Å². The minimum atomic E-state index is -0.130. The monoisotopic (exact) mass is 314 g/mol. The Balaban J connectivity index is 2.40. The van der Waals surface area contributed by atoms with Gasteiger partial charge in [0.25, 0.3) is 11.8 Å². The van der Waals surface area contributed by atoms with E-state index in [0.29, 0.717) is 0 Å². The number of amides is 2. The van der Waals surface area contributed by atoms with Gasteiger partial charge in [-0.15, -0.1) is 0 Å². The molecule has 0 saturated heterocycles. The number of likely N-dealkylation sites (N-methyl/N-ethyl adjacent to an activating group) is 1. The number of aryl methyl sites for hydroxylation is 1. The third-order valence-corrected chi connectivity index (χ3v) is 3.25. The van der Waals surface area contributed by atoms with Gasteiger partial charge in [0.1, 0.15) is 0 Å². The predicted octanol–water partition coefficient (Wildman–Crippen LogP) is 0.00542. The molecule has 4 N–H and O–H groups in total. The minimum absolute atomic E-state index is 0.0964. The van der Waals surface area contributed by atoms with Gasteiger partial charge in [0.05, 0.1) is 0 Å². The normalized spacial score (nSPS) is 9.94. The van der Waals surface area contributed by atoms with Gasteiger partial charge in [0.15, 0.2) is 13.1 Å². The van der Waals surface area contributed by atoms with Crippen LogP contribution >= 0.6 is 15.9 Å². The van der Waals surface area contributed by atoms with Crippen LogP contribution in [0.15, 0.2) is 22.7 Å². The van der Waals surface area contributed by atoms with Gasteiger partial charge in [-0.25, -0.2) is 0 Å². The van der Waals surface area contributed by atoms with Gasteiger partial charge in [-0.05, 0) is 24.6 Å². The van der Waals surface area contributed by atoms with E-state index in [1.54, 1.807) is 12.4 Å². The van der Waals surface area contributed by atoms with Crippen molar-refractivity contribution in [3.05, 3.63) is 28.2 Å². The van der Waals surface area contributed by atoms with Crippen molar-refractivity contribution < 1.29 is 14.9 Å². The van der Waals surface area contributed by atoms with Gasteiger partial charge in [0.2, 0.25) is 0 Å². The lowest BCUT2D eigenvalue weighted by atomic mass is 10.2. The third-order valence-electron chi connectivity index (χ3n) is 2.39. The highest BCUT2D eigenvalue weighted by Gasteiger charge is 2.07. The van der Waals surface area contributed by atoms with Crippen LogP contribution in [0, 0.1) is 6.92 Å². The standard InChI is InChI=1S/C12H16BrN3O2/c1-8-3-4-9(5-10(8)13)16-12(18)7-15-6-11(17)14-2/h3-5,15H,6-7H2,1-2H3,(H,14,17)(H,16,18)/p+1. The molecule has 0 aliphatic rings. The smallest absolute Gasteiger partial charge is 0.279 e. The molecule has 1 rings (SSSR count). The van der Waals surface area contributed by atoms with Gasteiger partial charge < -0.3 is 16.0 Å². The molecular weight excluding hydrogens is 298 g/mol. The van der Waals surface area contributed by atoms with Gasteiger partial charge in [0, 0.05) is 17.2 Å². The van der Waals surface area contributed by atoms with E-state index in [0.717, 1.165) is 15.7 Å². The van der Waals surface area contributed by atoms with Gasteiger partial charge in [-0.1, -0.05) is 22.0 Å². The Morgan fingerprint density at radius 3 is 2.56 bits per heavy atom. The molecule has 0 aromatic heterocycles. The van der Waals surface area contributed by atoms with Gasteiger partial charge in [-0.2, -0.15) is 0 Å². The van der Waals surface area contributed by atoms with E-state index in [1.807, 2.05) is 25.1 Å². The maximum Gasteiger partial charge on any atom is 0.279 e. The highest BCUT2D eigenvalue weighted by atomic mass is 79.9. The first kappa shape index (κ1) is 14.7. The molecule has 0 unspecified atom stereocenters. The molecule has 0 heterocycles. The Morgan fingerprint density at radius 1 is 1.28 bits per heavy atom. The predicted molar refractivity (Wildman–Crippen MR) is 73.2 cm³/mol. The van der Waals surface area contributed by atoms with Crippen molar-refractivity contribution in [1.29, 1.82) is 0 Å². The number of halogens is 1. The van der Waals surface area contributed by atoms with E-state index in [4.69, 9.17) is 0 Å². The van der Waals surface area contributed by atoms with Crippen molar-refractivity contribution >= 4 is 33.4 Å². The fraction of sp³-hybridized carbons (Fsp3) is 0.333. The van der Waals surface area contributed by atoms with E-state index in [-0.39, 0.29) is 24.9 Å².